The van der Waals surface area contributed by atoms with Crippen molar-refractivity contribution in [3.05, 3.63) is 18.0 Å². The Morgan fingerprint density at radius 2 is 2.50 bits per heavy atom. The number of rotatable bonds is 3. The van der Waals surface area contributed by atoms with Gasteiger partial charge in [-0.2, -0.15) is 10.3 Å². The standard InChI is InChI=1S/C5H6N8O/c14-5(4-10-12-13-11-4)6-1-3-7-2-8-9-3/h2H,1H2,(H,6,14)(H,7,8,9)(H,10,11,12,13). The topological polar surface area (TPSA) is 125 Å². The van der Waals surface area contributed by atoms with Crippen LogP contribution < -0.4 is 5.32 Å². The highest BCUT2D eigenvalue weighted by Crippen LogP contribution is 1.87. The second kappa shape index (κ2) is 3.60. The molecule has 0 atom stereocenters. The molecule has 0 aliphatic heterocycles. The first-order valence-electron chi connectivity index (χ1n) is 3.72. The van der Waals surface area contributed by atoms with Crippen molar-refractivity contribution in [2.45, 2.75) is 6.54 Å². The van der Waals surface area contributed by atoms with Crippen molar-refractivity contribution in [3.63, 3.8) is 0 Å². The number of aromatic amines is 2. The molecule has 0 bridgehead atoms. The zero-order valence-electron chi connectivity index (χ0n) is 6.93. The van der Waals surface area contributed by atoms with Crippen LogP contribution in [0.1, 0.15) is 16.4 Å². The number of hydrogen-bond acceptors (Lipinski definition) is 6. The van der Waals surface area contributed by atoms with E-state index in [9.17, 15) is 4.79 Å². The average molecular weight is 194 g/mol. The monoisotopic (exact) mass is 194 g/mol. The average Bonchev–Trinajstić information content (AvgIpc) is 2.87. The molecule has 0 aromatic carbocycles. The molecule has 2 heterocycles. The molecule has 3 N–H and O–H groups in total. The maximum atomic E-state index is 11.2. The fourth-order valence-electron chi connectivity index (χ4n) is 0.817. The number of nitrogens with one attached hydrogen (secondary N) is 3. The Kier molecular flexibility index (Phi) is 2.13. The highest BCUT2D eigenvalue weighted by atomic mass is 16.2. The molecule has 0 spiro atoms. The summed E-state index contributed by atoms with van der Waals surface area (Å²) in [6, 6.07) is 0. The van der Waals surface area contributed by atoms with Crippen molar-refractivity contribution in [1.29, 1.82) is 0 Å². The van der Waals surface area contributed by atoms with Gasteiger partial charge in [0.05, 0.1) is 6.54 Å². The van der Waals surface area contributed by atoms with Crippen LogP contribution in [0.3, 0.4) is 0 Å². The maximum Gasteiger partial charge on any atom is 0.293 e. The SMILES string of the molecule is O=C(NCc1ncn[nH]1)c1nn[nH]n1. The Hall–Kier alpha value is -2.32. The number of H-pyrrole nitrogens is 2. The third kappa shape index (κ3) is 1.71. The first kappa shape index (κ1) is 8.29. The lowest BCUT2D eigenvalue weighted by Crippen LogP contribution is -2.24. The van der Waals surface area contributed by atoms with E-state index in [0.717, 1.165) is 0 Å². The zero-order valence-corrected chi connectivity index (χ0v) is 6.93. The van der Waals surface area contributed by atoms with Crippen LogP contribution in [0.5, 0.6) is 0 Å². The Morgan fingerprint density at radius 1 is 1.57 bits per heavy atom. The van der Waals surface area contributed by atoms with Crippen molar-refractivity contribution >= 4 is 5.91 Å². The number of nitrogens with zero attached hydrogens (tertiary/aromatic N) is 5. The molecule has 0 saturated carbocycles. The minimum absolute atomic E-state index is 0.00971. The predicted octanol–water partition coefficient (Wildman–Crippen LogP) is -1.75. The van der Waals surface area contributed by atoms with Gasteiger partial charge in [-0.3, -0.25) is 9.89 Å². The summed E-state index contributed by atoms with van der Waals surface area (Å²) in [6.07, 6.45) is 1.36. The summed E-state index contributed by atoms with van der Waals surface area (Å²) >= 11 is 0. The number of amides is 1. The first-order chi connectivity index (χ1) is 6.86. The molecule has 9 heteroatoms. The van der Waals surface area contributed by atoms with Crippen LogP contribution in [0.25, 0.3) is 0 Å². The summed E-state index contributed by atoms with van der Waals surface area (Å²) < 4.78 is 0. The van der Waals surface area contributed by atoms with Gasteiger partial charge in [-0.15, -0.1) is 10.2 Å². The minimum Gasteiger partial charge on any atom is -0.342 e. The van der Waals surface area contributed by atoms with Gasteiger partial charge in [-0.25, -0.2) is 4.98 Å². The van der Waals surface area contributed by atoms with Gasteiger partial charge < -0.3 is 5.32 Å². The fourth-order valence-corrected chi connectivity index (χ4v) is 0.817. The van der Waals surface area contributed by atoms with Gasteiger partial charge in [0, 0.05) is 0 Å². The molecule has 72 valence electrons. The van der Waals surface area contributed by atoms with Crippen LogP contribution in [0, 0.1) is 0 Å². The van der Waals surface area contributed by atoms with Gasteiger partial charge in [0.25, 0.3) is 11.7 Å². The van der Waals surface area contributed by atoms with E-state index in [0.29, 0.717) is 5.82 Å². The smallest absolute Gasteiger partial charge is 0.293 e. The van der Waals surface area contributed by atoms with Crippen LogP contribution in [-0.2, 0) is 6.54 Å². The summed E-state index contributed by atoms with van der Waals surface area (Å²) in [4.78, 5) is 15.1. The predicted molar refractivity (Wildman–Crippen MR) is 41.7 cm³/mol. The molecular weight excluding hydrogens is 188 g/mol. The maximum absolute atomic E-state index is 11.2. The van der Waals surface area contributed by atoms with E-state index in [-0.39, 0.29) is 12.4 Å². The number of aromatic nitrogens is 7. The van der Waals surface area contributed by atoms with Crippen LogP contribution in [-0.4, -0.2) is 41.7 Å². The van der Waals surface area contributed by atoms with E-state index in [2.05, 4.69) is 41.1 Å². The molecule has 14 heavy (non-hydrogen) atoms. The molecule has 1 amide bonds. The summed E-state index contributed by atoms with van der Waals surface area (Å²) in [5, 5.41) is 21.2. The van der Waals surface area contributed by atoms with Crippen LogP contribution >= 0.6 is 0 Å². The van der Waals surface area contributed by atoms with Crippen molar-refractivity contribution < 1.29 is 4.79 Å². The lowest BCUT2D eigenvalue weighted by atomic mass is 10.5. The Balaban J connectivity index is 1.90. The zero-order chi connectivity index (χ0) is 9.80. The van der Waals surface area contributed by atoms with Gasteiger partial charge in [0.15, 0.2) is 0 Å². The Labute approximate surface area is 77.3 Å². The lowest BCUT2D eigenvalue weighted by Gasteiger charge is -1.96. The van der Waals surface area contributed by atoms with Gasteiger partial charge >= 0.3 is 0 Å². The molecule has 2 aromatic rings. The Morgan fingerprint density at radius 3 is 3.14 bits per heavy atom. The van der Waals surface area contributed by atoms with E-state index >= 15 is 0 Å². The molecule has 0 aliphatic carbocycles. The van der Waals surface area contributed by atoms with Gasteiger partial charge in [0.1, 0.15) is 12.2 Å². The molecule has 0 saturated heterocycles. The van der Waals surface area contributed by atoms with Crippen LogP contribution in [0.15, 0.2) is 6.33 Å². The van der Waals surface area contributed by atoms with Gasteiger partial charge in [-0.05, 0) is 5.21 Å². The van der Waals surface area contributed by atoms with E-state index in [1.54, 1.807) is 0 Å². The van der Waals surface area contributed by atoms with E-state index < -0.39 is 5.91 Å². The molecule has 0 aliphatic rings. The molecule has 2 rings (SSSR count). The van der Waals surface area contributed by atoms with Crippen LogP contribution in [0.4, 0.5) is 0 Å². The third-order valence-electron chi connectivity index (χ3n) is 1.43. The van der Waals surface area contributed by atoms with Crippen LogP contribution in [0.2, 0.25) is 0 Å². The minimum atomic E-state index is -0.421. The largest absolute Gasteiger partial charge is 0.342 e. The summed E-state index contributed by atoms with van der Waals surface area (Å²) in [6.45, 7) is 0.243. The highest BCUT2D eigenvalue weighted by Gasteiger charge is 2.09. The quantitative estimate of drug-likeness (QED) is 0.531. The third-order valence-corrected chi connectivity index (χ3v) is 1.43. The van der Waals surface area contributed by atoms with Crippen molar-refractivity contribution in [2.24, 2.45) is 0 Å². The molecule has 2 aromatic heterocycles. The van der Waals surface area contributed by atoms with E-state index in [4.69, 9.17) is 0 Å². The number of hydrogen-bond donors (Lipinski definition) is 3. The van der Waals surface area contributed by atoms with Crippen molar-refractivity contribution in [3.8, 4) is 0 Å². The van der Waals surface area contributed by atoms with E-state index in [1.165, 1.54) is 6.33 Å². The molecular formula is C5H6N8O. The molecule has 9 nitrogen and oxygen atoms in total. The normalized spacial score (nSPS) is 10.0. The number of carbonyl (C=O) groups is 1. The Bertz CT molecular complexity index is 391. The summed E-state index contributed by atoms with van der Waals surface area (Å²) in [5.74, 6) is 0.126. The number of tetrazole rings is 1. The van der Waals surface area contributed by atoms with E-state index in [1.807, 2.05) is 0 Å². The molecule has 0 radical (unpaired) electrons. The van der Waals surface area contributed by atoms with Crippen molar-refractivity contribution in [2.75, 3.05) is 0 Å². The van der Waals surface area contributed by atoms with Gasteiger partial charge in [-0.1, -0.05) is 0 Å². The molecule has 0 fully saturated rings. The van der Waals surface area contributed by atoms with Crippen molar-refractivity contribution in [1.82, 2.24) is 41.1 Å². The highest BCUT2D eigenvalue weighted by molar-refractivity contribution is 5.89. The number of carbonyl (C=O) groups excluding carboxylic acids is 1. The van der Waals surface area contributed by atoms with Gasteiger partial charge in [0.2, 0.25) is 0 Å². The second-order valence-corrected chi connectivity index (χ2v) is 2.35. The molecule has 0 unspecified atom stereocenters. The fraction of sp³-hybridized carbons (Fsp3) is 0.200. The first-order valence-corrected chi connectivity index (χ1v) is 3.72. The lowest BCUT2D eigenvalue weighted by molar-refractivity contribution is 0.0939. The summed E-state index contributed by atoms with van der Waals surface area (Å²) in [7, 11) is 0. The summed E-state index contributed by atoms with van der Waals surface area (Å²) in [5.41, 5.74) is 0. The second-order valence-electron chi connectivity index (χ2n) is 2.35.